The van der Waals surface area contributed by atoms with Gasteiger partial charge in [-0.1, -0.05) is 5.16 Å². The molecule has 3 aromatic rings. The van der Waals surface area contributed by atoms with Crippen LogP contribution in [0.25, 0.3) is 22.1 Å². The number of nitrogens with zero attached hydrogens (tertiary/aromatic N) is 3. The summed E-state index contributed by atoms with van der Waals surface area (Å²) in [4.78, 5) is 15.0. The van der Waals surface area contributed by atoms with Gasteiger partial charge in [0.1, 0.15) is 29.5 Å². The number of carbonyl (C=O) groups excluding carboxylic acids is 1. The fourth-order valence-electron chi connectivity index (χ4n) is 5.02. The largest absolute Gasteiger partial charge is 0.491 e. The van der Waals surface area contributed by atoms with Crippen molar-refractivity contribution in [1.29, 1.82) is 0 Å². The number of hydrogen-bond donors (Lipinski definition) is 1. The van der Waals surface area contributed by atoms with Crippen molar-refractivity contribution in [1.82, 2.24) is 14.8 Å². The number of carbonyl (C=O) groups is 1. The predicted octanol–water partition coefficient (Wildman–Crippen LogP) is 4.02. The van der Waals surface area contributed by atoms with E-state index in [9.17, 15) is 35.2 Å². The zero-order valence-electron chi connectivity index (χ0n) is 20.3. The van der Waals surface area contributed by atoms with Crippen molar-refractivity contribution in [3.05, 3.63) is 41.5 Å². The number of ether oxygens (including phenoxy) is 1. The van der Waals surface area contributed by atoms with Gasteiger partial charge >= 0.3 is 6.03 Å². The Hall–Kier alpha value is -3.53. The van der Waals surface area contributed by atoms with Crippen LogP contribution >= 0.6 is 0 Å². The van der Waals surface area contributed by atoms with Crippen molar-refractivity contribution in [2.75, 3.05) is 30.9 Å². The lowest BCUT2D eigenvalue weighted by molar-refractivity contribution is -0.0448. The first kappa shape index (κ1) is 27.1. The monoisotopic (exact) mass is 578 g/mol. The second-order valence-electron chi connectivity index (χ2n) is 9.13. The van der Waals surface area contributed by atoms with Crippen LogP contribution in [0.5, 0.6) is 5.75 Å². The van der Waals surface area contributed by atoms with E-state index in [0.717, 1.165) is 15.9 Å². The second kappa shape index (κ2) is 9.29. The second-order valence-corrected chi connectivity index (χ2v) is 10.9. The Balaban J connectivity index is 1.65. The molecule has 9 nitrogen and oxygen atoms in total. The van der Waals surface area contributed by atoms with Crippen LogP contribution in [0.2, 0.25) is 0 Å². The summed E-state index contributed by atoms with van der Waals surface area (Å²) in [5.41, 5.74) is -2.02. The number of nitrogens with one attached hydrogen (secondary N) is 1. The third-order valence-electron chi connectivity index (χ3n) is 6.58. The molecule has 0 spiro atoms. The Labute approximate surface area is 217 Å². The van der Waals surface area contributed by atoms with Crippen molar-refractivity contribution in [3.8, 4) is 16.9 Å². The van der Waals surface area contributed by atoms with Gasteiger partial charge in [-0.25, -0.2) is 44.3 Å². The number of fused-ring (bicyclic) bond motifs is 2. The number of halogens is 6. The SMILES string of the molecule is CCOc1cc2onc(N3CC[C@H]4N(C[C@@H](NS(C)(=O)=O)C4(F)F)C3=O)c2c(-c2c(F)cc(F)cc2F)c1F. The van der Waals surface area contributed by atoms with Crippen molar-refractivity contribution >= 4 is 32.8 Å². The highest BCUT2D eigenvalue weighted by atomic mass is 32.2. The quantitative estimate of drug-likeness (QED) is 0.444. The minimum absolute atomic E-state index is 0.0465. The predicted molar refractivity (Wildman–Crippen MR) is 125 cm³/mol. The summed E-state index contributed by atoms with van der Waals surface area (Å²) < 4.78 is 124. The van der Waals surface area contributed by atoms with Crippen molar-refractivity contribution in [2.45, 2.75) is 31.4 Å². The van der Waals surface area contributed by atoms with Crippen molar-refractivity contribution in [2.24, 2.45) is 0 Å². The Kier molecular flexibility index (Phi) is 6.44. The van der Waals surface area contributed by atoms with Crippen LogP contribution in [0.15, 0.2) is 22.7 Å². The van der Waals surface area contributed by atoms with Gasteiger partial charge in [0.05, 0.1) is 23.8 Å². The summed E-state index contributed by atoms with van der Waals surface area (Å²) in [5, 5.41) is 3.38. The molecular formula is C23H20F6N4O5S. The lowest BCUT2D eigenvalue weighted by atomic mass is 9.98. The van der Waals surface area contributed by atoms with Gasteiger partial charge < -0.3 is 14.2 Å². The van der Waals surface area contributed by atoms with E-state index in [1.165, 1.54) is 6.92 Å². The van der Waals surface area contributed by atoms with Crippen LogP contribution in [-0.2, 0) is 10.0 Å². The third-order valence-corrected chi connectivity index (χ3v) is 7.30. The molecule has 3 heterocycles. The van der Waals surface area contributed by atoms with Crippen molar-refractivity contribution in [3.63, 3.8) is 0 Å². The molecule has 0 aliphatic carbocycles. The van der Waals surface area contributed by atoms with Crippen LogP contribution in [0.1, 0.15) is 13.3 Å². The minimum atomic E-state index is -4.05. The molecule has 0 radical (unpaired) electrons. The highest BCUT2D eigenvalue weighted by Gasteiger charge is 2.60. The summed E-state index contributed by atoms with van der Waals surface area (Å²) in [7, 11) is -4.05. The van der Waals surface area contributed by atoms with Crippen molar-refractivity contribution < 1.29 is 48.8 Å². The van der Waals surface area contributed by atoms with E-state index in [2.05, 4.69) is 5.16 Å². The number of aromatic nitrogens is 1. The molecule has 210 valence electrons. The number of hydrogen-bond acceptors (Lipinski definition) is 6. The van der Waals surface area contributed by atoms with Crippen LogP contribution < -0.4 is 14.4 Å². The van der Waals surface area contributed by atoms with Gasteiger partial charge in [-0.05, 0) is 13.3 Å². The highest BCUT2D eigenvalue weighted by molar-refractivity contribution is 7.88. The molecule has 39 heavy (non-hydrogen) atoms. The van der Waals surface area contributed by atoms with Gasteiger partial charge in [-0.2, -0.15) is 0 Å². The zero-order chi connectivity index (χ0) is 28.4. The number of anilines is 1. The van der Waals surface area contributed by atoms with Gasteiger partial charge in [0, 0.05) is 36.9 Å². The fourth-order valence-corrected chi connectivity index (χ4v) is 5.77. The molecule has 2 fully saturated rings. The third kappa shape index (κ3) is 4.44. The molecule has 2 aliphatic heterocycles. The lowest BCUT2D eigenvalue weighted by Gasteiger charge is -2.37. The van der Waals surface area contributed by atoms with E-state index < -0.39 is 93.1 Å². The summed E-state index contributed by atoms with van der Waals surface area (Å²) in [6, 6.07) is -2.89. The van der Waals surface area contributed by atoms with E-state index in [0.29, 0.717) is 18.4 Å². The van der Waals surface area contributed by atoms with Gasteiger partial charge in [0.25, 0.3) is 5.92 Å². The molecule has 0 saturated carbocycles. The molecule has 2 amide bonds. The molecular weight excluding hydrogens is 558 g/mol. The standard InChI is InChI=1S/C23H20F6N4O5S/c1-3-37-14-8-13-18(19(20(14)27)17-11(25)6-10(24)7-12(17)26)21(30-38-13)32-5-4-16-23(28,29)15(31-39(2,35)36)9-33(16)22(32)34/h6-8,15-16,31H,3-5,9H2,1-2H3/t15-,16-/m1/s1. The molecule has 0 unspecified atom stereocenters. The molecule has 2 aliphatic rings. The van der Waals surface area contributed by atoms with Crippen LogP contribution in [0.3, 0.4) is 0 Å². The normalized spacial score (nSPS) is 21.1. The maximum absolute atomic E-state index is 15.7. The highest BCUT2D eigenvalue weighted by Crippen LogP contribution is 2.46. The molecule has 2 saturated heterocycles. The molecule has 16 heteroatoms. The van der Waals surface area contributed by atoms with Gasteiger partial charge in [-0.3, -0.25) is 4.90 Å². The molecule has 1 N–H and O–H groups in total. The molecule has 5 rings (SSSR count). The Bertz CT molecular complexity index is 1570. The zero-order valence-corrected chi connectivity index (χ0v) is 21.1. The Morgan fingerprint density at radius 2 is 1.82 bits per heavy atom. The molecule has 2 aromatic carbocycles. The first-order valence-electron chi connectivity index (χ1n) is 11.6. The number of sulfonamides is 1. The maximum Gasteiger partial charge on any atom is 0.326 e. The first-order chi connectivity index (χ1) is 18.2. The average molecular weight is 578 g/mol. The maximum atomic E-state index is 15.7. The number of alkyl halides is 2. The number of benzene rings is 2. The molecule has 1 aromatic heterocycles. The van der Waals surface area contributed by atoms with Crippen LogP contribution in [-0.4, -0.2) is 68.5 Å². The van der Waals surface area contributed by atoms with Crippen LogP contribution in [0.4, 0.5) is 37.0 Å². The topological polar surface area (TPSA) is 105 Å². The summed E-state index contributed by atoms with van der Waals surface area (Å²) in [6.45, 7) is 0.391. The Morgan fingerprint density at radius 3 is 2.44 bits per heavy atom. The summed E-state index contributed by atoms with van der Waals surface area (Å²) >= 11 is 0. The van der Waals surface area contributed by atoms with E-state index >= 15 is 4.39 Å². The summed E-state index contributed by atoms with van der Waals surface area (Å²) in [6.07, 6.45) is 0.347. The van der Waals surface area contributed by atoms with Gasteiger partial charge in [0.2, 0.25) is 10.0 Å². The lowest BCUT2D eigenvalue weighted by Crippen LogP contribution is -2.56. The van der Waals surface area contributed by atoms with E-state index in [1.807, 2.05) is 4.72 Å². The average Bonchev–Trinajstić information content (AvgIpc) is 3.33. The van der Waals surface area contributed by atoms with Crippen LogP contribution in [0, 0.1) is 23.3 Å². The van der Waals surface area contributed by atoms with Gasteiger partial charge in [-0.15, -0.1) is 0 Å². The van der Waals surface area contributed by atoms with E-state index in [4.69, 9.17) is 9.26 Å². The number of urea groups is 1. The fraction of sp³-hybridized carbons (Fsp3) is 0.391. The smallest absolute Gasteiger partial charge is 0.326 e. The van der Waals surface area contributed by atoms with E-state index in [1.54, 1.807) is 0 Å². The van der Waals surface area contributed by atoms with Gasteiger partial charge in [0.15, 0.2) is 23.0 Å². The first-order valence-corrected chi connectivity index (χ1v) is 13.5. The molecule has 0 bridgehead atoms. The van der Waals surface area contributed by atoms with E-state index in [-0.39, 0.29) is 24.0 Å². The minimum Gasteiger partial charge on any atom is -0.491 e. The Morgan fingerprint density at radius 1 is 1.15 bits per heavy atom. The number of rotatable bonds is 6. The molecule has 2 atom stereocenters. The number of amides is 2. The summed E-state index contributed by atoms with van der Waals surface area (Å²) in [5.74, 6) is -9.96.